The molecule has 0 fully saturated rings. The van der Waals surface area contributed by atoms with Crippen LogP contribution in [0, 0.1) is 0 Å². The van der Waals surface area contributed by atoms with Crippen LogP contribution in [0.25, 0.3) is 89.2 Å². The minimum absolute atomic E-state index is 0.152. The van der Waals surface area contributed by atoms with Crippen LogP contribution in [-0.2, 0) is 5.41 Å². The van der Waals surface area contributed by atoms with Crippen molar-refractivity contribution < 1.29 is 0 Å². The molecule has 4 heteroatoms. The van der Waals surface area contributed by atoms with Gasteiger partial charge in [0.1, 0.15) is 0 Å². The maximum atomic E-state index is 5.20. The maximum Gasteiger partial charge on any atom is 0.164 e. The fourth-order valence-electron chi connectivity index (χ4n) is 9.88. The lowest BCUT2D eigenvalue weighted by Crippen LogP contribution is -2.15. The van der Waals surface area contributed by atoms with E-state index in [0.29, 0.717) is 17.5 Å². The molecule has 0 saturated heterocycles. The molecule has 0 spiro atoms. The van der Waals surface area contributed by atoms with E-state index in [1.165, 1.54) is 44.2 Å². The van der Waals surface area contributed by atoms with E-state index in [0.717, 1.165) is 62.1 Å². The van der Waals surface area contributed by atoms with Gasteiger partial charge in [0, 0.05) is 38.6 Å². The lowest BCUT2D eigenvalue weighted by molar-refractivity contribution is 0.654. The van der Waals surface area contributed by atoms with Crippen molar-refractivity contribution in [1.29, 1.82) is 0 Å². The van der Waals surface area contributed by atoms with Crippen LogP contribution >= 0.6 is 0 Å². The molecule has 0 saturated carbocycles. The molecular formula is C64H58N4. The Balaban J connectivity index is 0.00000285. The van der Waals surface area contributed by atoms with Crippen LogP contribution in [0.5, 0.6) is 0 Å². The fourth-order valence-corrected chi connectivity index (χ4v) is 9.88. The number of fused-ring (bicyclic) bond motifs is 4. The van der Waals surface area contributed by atoms with Crippen molar-refractivity contribution in [2.24, 2.45) is 0 Å². The molecule has 4 nitrogen and oxygen atoms in total. The highest BCUT2D eigenvalue weighted by Crippen LogP contribution is 2.51. The first-order chi connectivity index (χ1) is 33.3. The summed E-state index contributed by atoms with van der Waals surface area (Å²) in [5.74, 6) is 1.91. The van der Waals surface area contributed by atoms with Crippen LogP contribution in [0.15, 0.2) is 212 Å². The Morgan fingerprint density at radius 1 is 0.588 bits per heavy atom. The molecule has 0 unspecified atom stereocenters. The maximum absolute atomic E-state index is 5.20. The van der Waals surface area contributed by atoms with Crippen LogP contribution in [-0.4, -0.2) is 19.5 Å². The highest BCUT2D eigenvalue weighted by atomic mass is 15.0. The minimum atomic E-state index is -0.152. The van der Waals surface area contributed by atoms with Crippen LogP contribution in [0.4, 0.5) is 0 Å². The standard InChI is InChI=1S/C62H52N4.C2H6/c1-7-22-42(23-8-2)59-63-60(43-26-16-12-17-27-43)65-61(64-59)48-37-46(41-24-14-11-15-25-41)36-47(38-48)44-32-34-51-53-39-45(33-35-56(53)66(57(51)40-44)49-28-18-13-19-29-49)50(9-3)58-52-30-20-21-31-55(52)62(5,6)54(58)10-4;1-2/h7,9-40H,4,8H2,1-3,5-6H3;1-2H3/b22-7-,42-23+,50-9-;. The van der Waals surface area contributed by atoms with Crippen LogP contribution in [0.1, 0.15) is 77.4 Å². The molecule has 1 aliphatic rings. The monoisotopic (exact) mass is 882 g/mol. The Morgan fingerprint density at radius 3 is 1.87 bits per heavy atom. The van der Waals surface area contributed by atoms with Crippen molar-refractivity contribution in [1.82, 2.24) is 19.5 Å². The lowest BCUT2D eigenvalue weighted by atomic mass is 9.81. The quantitative estimate of drug-likeness (QED) is 0.122. The zero-order chi connectivity index (χ0) is 47.4. The van der Waals surface area contributed by atoms with Crippen molar-refractivity contribution >= 4 is 38.5 Å². The molecule has 0 bridgehead atoms. The van der Waals surface area contributed by atoms with Gasteiger partial charge in [-0.05, 0) is 124 Å². The van der Waals surface area contributed by atoms with E-state index in [-0.39, 0.29) is 5.41 Å². The second kappa shape index (κ2) is 19.5. The van der Waals surface area contributed by atoms with Crippen LogP contribution in [0.3, 0.4) is 0 Å². The summed E-state index contributed by atoms with van der Waals surface area (Å²) in [4.78, 5) is 15.4. The lowest BCUT2D eigenvalue weighted by Gasteiger charge is -2.22. The zero-order valence-corrected chi connectivity index (χ0v) is 40.3. The number of hydrogen-bond donors (Lipinski definition) is 0. The van der Waals surface area contributed by atoms with Crippen molar-refractivity contribution in [3.8, 4) is 50.7 Å². The van der Waals surface area contributed by atoms with Crippen molar-refractivity contribution in [2.75, 3.05) is 0 Å². The molecule has 0 aliphatic heterocycles. The molecule has 0 amide bonds. The molecule has 68 heavy (non-hydrogen) atoms. The van der Waals surface area contributed by atoms with Gasteiger partial charge in [-0.3, -0.25) is 0 Å². The van der Waals surface area contributed by atoms with Crippen molar-refractivity contribution in [3.63, 3.8) is 0 Å². The zero-order valence-electron chi connectivity index (χ0n) is 40.3. The molecule has 2 aromatic heterocycles. The Morgan fingerprint density at radius 2 is 1.21 bits per heavy atom. The van der Waals surface area contributed by atoms with Gasteiger partial charge in [-0.2, -0.15) is 0 Å². The van der Waals surface area contributed by atoms with Gasteiger partial charge in [-0.25, -0.2) is 15.0 Å². The van der Waals surface area contributed by atoms with E-state index in [1.54, 1.807) is 0 Å². The average molecular weight is 883 g/mol. The van der Waals surface area contributed by atoms with Gasteiger partial charge in [0.2, 0.25) is 0 Å². The van der Waals surface area contributed by atoms with Gasteiger partial charge in [0.25, 0.3) is 0 Å². The molecule has 1 aliphatic carbocycles. The van der Waals surface area contributed by atoms with Gasteiger partial charge in [-0.1, -0.05) is 193 Å². The first-order valence-electron chi connectivity index (χ1n) is 23.9. The number of aromatic nitrogens is 4. The Bertz CT molecular complexity index is 3440. The summed E-state index contributed by atoms with van der Waals surface area (Å²) in [5.41, 5.74) is 18.0. The molecule has 0 radical (unpaired) electrons. The normalized spacial score (nSPS) is 13.5. The molecule has 2 heterocycles. The van der Waals surface area contributed by atoms with Gasteiger partial charge in [0.15, 0.2) is 17.5 Å². The SMILES string of the molecule is C=CC1=C(/C(=C\C)c2ccc3c(c2)c2ccc(-c4cc(-c5ccccc5)cc(-c5nc(C(/C=C\C)=C/CC)nc(-c6ccccc6)n5)c4)cc2n3-c2ccccc2)c2ccccc2C1(C)C.CC. The molecule has 7 aromatic carbocycles. The van der Waals surface area contributed by atoms with E-state index in [2.05, 4.69) is 215 Å². The third kappa shape index (κ3) is 8.28. The minimum Gasteiger partial charge on any atom is -0.309 e. The number of rotatable bonds is 11. The number of nitrogens with zero attached hydrogens (tertiary/aromatic N) is 4. The van der Waals surface area contributed by atoms with Gasteiger partial charge >= 0.3 is 0 Å². The molecule has 10 rings (SSSR count). The Labute approximate surface area is 402 Å². The predicted octanol–water partition coefficient (Wildman–Crippen LogP) is 17.4. The van der Waals surface area contributed by atoms with Crippen molar-refractivity contribution in [3.05, 3.63) is 235 Å². The van der Waals surface area contributed by atoms with Crippen LogP contribution < -0.4 is 0 Å². The number of hydrogen-bond acceptors (Lipinski definition) is 3. The average Bonchev–Trinajstić information content (AvgIpc) is 3.84. The van der Waals surface area contributed by atoms with Crippen LogP contribution in [0.2, 0.25) is 0 Å². The summed E-state index contributed by atoms with van der Waals surface area (Å²) in [7, 11) is 0. The summed E-state index contributed by atoms with van der Waals surface area (Å²) in [6.45, 7) is 19.3. The second-order valence-corrected chi connectivity index (χ2v) is 17.4. The highest BCUT2D eigenvalue weighted by Gasteiger charge is 2.37. The largest absolute Gasteiger partial charge is 0.309 e. The highest BCUT2D eigenvalue weighted by molar-refractivity contribution is 6.15. The molecule has 9 aromatic rings. The van der Waals surface area contributed by atoms with E-state index < -0.39 is 0 Å². The van der Waals surface area contributed by atoms with E-state index in [9.17, 15) is 0 Å². The summed E-state index contributed by atoms with van der Waals surface area (Å²) in [6, 6.07) is 60.9. The molecular weight excluding hydrogens is 825 g/mol. The van der Waals surface area contributed by atoms with E-state index in [1.807, 2.05) is 45.0 Å². The van der Waals surface area contributed by atoms with Gasteiger partial charge in [0.05, 0.1) is 11.0 Å². The third-order valence-corrected chi connectivity index (χ3v) is 13.0. The summed E-state index contributed by atoms with van der Waals surface area (Å²) >= 11 is 0. The van der Waals surface area contributed by atoms with Gasteiger partial charge < -0.3 is 4.57 Å². The number of benzene rings is 7. The topological polar surface area (TPSA) is 43.6 Å². The Kier molecular flexibility index (Phi) is 13.0. The second-order valence-electron chi connectivity index (χ2n) is 17.4. The summed E-state index contributed by atoms with van der Waals surface area (Å²) in [5, 5.41) is 2.39. The third-order valence-electron chi connectivity index (χ3n) is 13.0. The number of para-hydroxylation sites is 1. The Hall–Kier alpha value is -7.95. The first-order valence-corrected chi connectivity index (χ1v) is 23.9. The van der Waals surface area contributed by atoms with E-state index in [4.69, 9.17) is 15.0 Å². The number of allylic oxidation sites excluding steroid dienone is 9. The summed E-state index contributed by atoms with van der Waals surface area (Å²) in [6.07, 6.45) is 11.5. The fraction of sp³-hybridized carbons (Fsp3) is 0.141. The first kappa shape index (κ1) is 45.2. The molecule has 0 atom stereocenters. The smallest absolute Gasteiger partial charge is 0.164 e. The molecule has 334 valence electrons. The van der Waals surface area contributed by atoms with Crippen molar-refractivity contribution in [2.45, 2.75) is 60.3 Å². The van der Waals surface area contributed by atoms with E-state index >= 15 is 0 Å². The molecule has 0 N–H and O–H groups in total. The summed E-state index contributed by atoms with van der Waals surface area (Å²) < 4.78 is 2.41. The van der Waals surface area contributed by atoms with Gasteiger partial charge in [-0.15, -0.1) is 0 Å². The predicted molar refractivity (Wildman–Crippen MR) is 291 cm³/mol.